The van der Waals surface area contributed by atoms with Crippen LogP contribution in [0.2, 0.25) is 0 Å². The third-order valence-electron chi connectivity index (χ3n) is 6.08. The van der Waals surface area contributed by atoms with Crippen molar-refractivity contribution in [3.8, 4) is 11.5 Å². The van der Waals surface area contributed by atoms with Gasteiger partial charge in [-0.15, -0.1) is 11.8 Å². The lowest BCUT2D eigenvalue weighted by Gasteiger charge is -2.33. The first-order valence-corrected chi connectivity index (χ1v) is 11.9. The van der Waals surface area contributed by atoms with Crippen LogP contribution in [0.1, 0.15) is 5.56 Å². The van der Waals surface area contributed by atoms with E-state index in [4.69, 9.17) is 9.47 Å². The second kappa shape index (κ2) is 8.99. The summed E-state index contributed by atoms with van der Waals surface area (Å²) in [5.41, 5.74) is 2.39. The van der Waals surface area contributed by atoms with Crippen molar-refractivity contribution in [1.29, 1.82) is 0 Å². The Balaban J connectivity index is 1.50. The average molecular weight is 490 g/mol. The van der Waals surface area contributed by atoms with E-state index in [0.29, 0.717) is 34.1 Å². The molecule has 0 bridgehead atoms. The van der Waals surface area contributed by atoms with Crippen LogP contribution in [-0.4, -0.2) is 44.2 Å². The number of rotatable bonds is 6. The van der Waals surface area contributed by atoms with Gasteiger partial charge in [-0.2, -0.15) is 0 Å². The highest BCUT2D eigenvalue weighted by molar-refractivity contribution is 8.02. The van der Waals surface area contributed by atoms with Crippen molar-refractivity contribution in [2.24, 2.45) is 0 Å². The quantitative estimate of drug-likeness (QED) is 0.569. The van der Waals surface area contributed by atoms with Crippen molar-refractivity contribution in [3.63, 3.8) is 0 Å². The van der Waals surface area contributed by atoms with E-state index >= 15 is 0 Å². The molecule has 2 heterocycles. The monoisotopic (exact) mass is 489 g/mol. The Morgan fingerprint density at radius 2 is 1.69 bits per heavy atom. The summed E-state index contributed by atoms with van der Waals surface area (Å²) in [6.07, 6.45) is 0. The fraction of sp³-hybridized carbons (Fsp3) is 0.192. The summed E-state index contributed by atoms with van der Waals surface area (Å²) in [6, 6.07) is 21.4. The summed E-state index contributed by atoms with van der Waals surface area (Å²) in [6.45, 7) is -0.207. The second-order valence-electron chi connectivity index (χ2n) is 8.02. The molecule has 0 saturated carbocycles. The maximum Gasteiger partial charge on any atom is 0.269 e. The van der Waals surface area contributed by atoms with Crippen LogP contribution < -0.4 is 24.6 Å². The molecule has 35 heavy (non-hydrogen) atoms. The third kappa shape index (κ3) is 3.68. The molecule has 3 aromatic rings. The minimum Gasteiger partial charge on any atom is -0.497 e. The van der Waals surface area contributed by atoms with E-state index in [2.05, 4.69) is 5.32 Å². The number of carbonyl (C=O) groups is 3. The van der Waals surface area contributed by atoms with Gasteiger partial charge < -0.3 is 14.8 Å². The molecule has 2 aliphatic heterocycles. The molecule has 1 atom stereocenters. The smallest absolute Gasteiger partial charge is 0.269 e. The second-order valence-corrected chi connectivity index (χ2v) is 9.18. The highest BCUT2D eigenvalue weighted by Crippen LogP contribution is 2.55. The lowest BCUT2D eigenvalue weighted by molar-refractivity contribution is -0.124. The van der Waals surface area contributed by atoms with Crippen LogP contribution in [0.15, 0.2) is 72.8 Å². The maximum absolute atomic E-state index is 14.0. The SMILES string of the molecule is COc1ccc(N2C(=O)CS[C@@]23C(=O)N(CC(=O)Nc2ccccc2OC)c2ccccc23)cc1. The average Bonchev–Trinajstić information content (AvgIpc) is 3.35. The maximum atomic E-state index is 14.0. The number of hydrogen-bond donors (Lipinski definition) is 1. The number of carbonyl (C=O) groups excluding carboxylic acids is 3. The molecule has 5 rings (SSSR count). The topological polar surface area (TPSA) is 88.2 Å². The Labute approximate surface area is 206 Å². The van der Waals surface area contributed by atoms with Crippen LogP contribution in [0.4, 0.5) is 17.1 Å². The first-order chi connectivity index (χ1) is 17.0. The lowest BCUT2D eigenvalue weighted by Crippen LogP contribution is -2.50. The molecule has 1 fully saturated rings. The van der Waals surface area contributed by atoms with Gasteiger partial charge >= 0.3 is 0 Å². The Kier molecular flexibility index (Phi) is 5.86. The molecule has 1 saturated heterocycles. The predicted molar refractivity (Wildman–Crippen MR) is 135 cm³/mol. The summed E-state index contributed by atoms with van der Waals surface area (Å²) in [7, 11) is 3.09. The number of amides is 3. The molecule has 0 aromatic heterocycles. The van der Waals surface area contributed by atoms with Gasteiger partial charge in [-0.1, -0.05) is 30.3 Å². The van der Waals surface area contributed by atoms with Gasteiger partial charge in [0.05, 0.1) is 31.3 Å². The van der Waals surface area contributed by atoms with Gasteiger partial charge in [0.1, 0.15) is 18.0 Å². The van der Waals surface area contributed by atoms with Gasteiger partial charge in [-0.3, -0.25) is 24.2 Å². The summed E-state index contributed by atoms with van der Waals surface area (Å²) in [5, 5.41) is 2.82. The van der Waals surface area contributed by atoms with E-state index in [-0.39, 0.29) is 30.0 Å². The summed E-state index contributed by atoms with van der Waals surface area (Å²) in [4.78, 5) is 41.8. The van der Waals surface area contributed by atoms with E-state index in [1.54, 1.807) is 61.7 Å². The van der Waals surface area contributed by atoms with E-state index in [0.717, 1.165) is 0 Å². The van der Waals surface area contributed by atoms with Crippen molar-refractivity contribution in [1.82, 2.24) is 0 Å². The number of nitrogens with one attached hydrogen (secondary N) is 1. The van der Waals surface area contributed by atoms with E-state index in [1.165, 1.54) is 28.7 Å². The van der Waals surface area contributed by atoms with Crippen molar-refractivity contribution in [3.05, 3.63) is 78.4 Å². The number of nitrogens with zero attached hydrogens (tertiary/aromatic N) is 2. The zero-order valence-electron chi connectivity index (χ0n) is 19.2. The normalized spacial score (nSPS) is 18.7. The fourth-order valence-corrected chi connectivity index (χ4v) is 5.88. The minimum absolute atomic E-state index is 0.146. The molecule has 3 amide bonds. The van der Waals surface area contributed by atoms with Crippen LogP contribution in [0.3, 0.4) is 0 Å². The highest BCUT2D eigenvalue weighted by Gasteiger charge is 2.61. The molecule has 178 valence electrons. The fourth-order valence-electron chi connectivity index (χ4n) is 4.52. The number of thioether (sulfide) groups is 1. The molecule has 9 heteroatoms. The molecule has 0 unspecified atom stereocenters. The number of anilines is 3. The molecule has 2 aliphatic rings. The van der Waals surface area contributed by atoms with Gasteiger partial charge in [-0.05, 0) is 42.5 Å². The Bertz CT molecular complexity index is 1310. The Morgan fingerprint density at radius 3 is 2.43 bits per heavy atom. The van der Waals surface area contributed by atoms with Crippen LogP contribution in [0, 0.1) is 0 Å². The summed E-state index contributed by atoms with van der Waals surface area (Å²) < 4.78 is 10.6. The molecular formula is C26H23N3O5S. The number of ether oxygens (including phenoxy) is 2. The molecule has 1 spiro atoms. The molecule has 1 N–H and O–H groups in total. The van der Waals surface area contributed by atoms with E-state index in [1.807, 2.05) is 18.2 Å². The molecule has 0 aliphatic carbocycles. The Morgan fingerprint density at radius 1 is 0.971 bits per heavy atom. The number of hydrogen-bond acceptors (Lipinski definition) is 6. The van der Waals surface area contributed by atoms with Gasteiger partial charge in [0.15, 0.2) is 0 Å². The highest BCUT2D eigenvalue weighted by atomic mass is 32.2. The van der Waals surface area contributed by atoms with Crippen LogP contribution >= 0.6 is 11.8 Å². The van der Waals surface area contributed by atoms with E-state index < -0.39 is 4.87 Å². The Hall–Kier alpha value is -3.98. The predicted octanol–water partition coefficient (Wildman–Crippen LogP) is 3.62. The van der Waals surface area contributed by atoms with Crippen LogP contribution in [-0.2, 0) is 19.3 Å². The third-order valence-corrected chi connectivity index (χ3v) is 7.46. The molecule has 8 nitrogen and oxygen atoms in total. The standard InChI is InChI=1S/C26H23N3O5S/c1-33-18-13-11-17(12-14-18)29-24(31)16-35-26(29)19-7-3-5-9-21(19)28(25(26)32)15-23(30)27-20-8-4-6-10-22(20)34-2/h3-14H,15-16H2,1-2H3,(H,27,30)/t26-/m0/s1. The van der Waals surface area contributed by atoms with Crippen molar-refractivity contribution in [2.75, 3.05) is 41.6 Å². The summed E-state index contributed by atoms with van der Waals surface area (Å²) in [5.74, 6) is 0.431. The number of methoxy groups -OCH3 is 2. The van der Waals surface area contributed by atoms with Gasteiger partial charge in [0.2, 0.25) is 16.7 Å². The summed E-state index contributed by atoms with van der Waals surface area (Å²) >= 11 is 1.27. The van der Waals surface area contributed by atoms with Gasteiger partial charge in [-0.25, -0.2) is 0 Å². The van der Waals surface area contributed by atoms with Gasteiger partial charge in [0.25, 0.3) is 5.91 Å². The number of benzene rings is 3. The zero-order chi connectivity index (χ0) is 24.6. The number of fused-ring (bicyclic) bond motifs is 2. The van der Waals surface area contributed by atoms with E-state index in [9.17, 15) is 14.4 Å². The van der Waals surface area contributed by atoms with Crippen molar-refractivity contribution < 1.29 is 23.9 Å². The van der Waals surface area contributed by atoms with Gasteiger partial charge in [0, 0.05) is 11.3 Å². The zero-order valence-corrected chi connectivity index (χ0v) is 20.0. The largest absolute Gasteiger partial charge is 0.497 e. The van der Waals surface area contributed by atoms with Crippen LogP contribution in [0.5, 0.6) is 11.5 Å². The molecule has 0 radical (unpaired) electrons. The number of para-hydroxylation sites is 3. The first kappa shape index (κ1) is 22.8. The molecule has 3 aromatic carbocycles. The molecular weight excluding hydrogens is 466 g/mol. The van der Waals surface area contributed by atoms with Crippen molar-refractivity contribution in [2.45, 2.75) is 4.87 Å². The lowest BCUT2D eigenvalue weighted by atomic mass is 10.0. The minimum atomic E-state index is -1.28. The van der Waals surface area contributed by atoms with Crippen LogP contribution in [0.25, 0.3) is 0 Å². The first-order valence-electron chi connectivity index (χ1n) is 10.9. The van der Waals surface area contributed by atoms with Crippen molar-refractivity contribution >= 4 is 46.5 Å².